The second kappa shape index (κ2) is 7.41. The maximum atomic E-state index is 5.56. The summed E-state index contributed by atoms with van der Waals surface area (Å²) in [5.41, 5.74) is 7.81. The van der Waals surface area contributed by atoms with E-state index in [1.165, 1.54) is 0 Å². The Balaban J connectivity index is 2.56. The molecule has 1 aromatic rings. The minimum Gasteiger partial charge on any atom is -0.330 e. The number of hydrogen-bond donors (Lipinski definition) is 1. The topological polar surface area (TPSA) is 42.2 Å². The van der Waals surface area contributed by atoms with Gasteiger partial charge in [0.25, 0.3) is 0 Å². The third kappa shape index (κ3) is 4.84. The van der Waals surface area contributed by atoms with Crippen molar-refractivity contribution in [2.75, 3.05) is 13.1 Å². The molecule has 0 aliphatic rings. The zero-order valence-corrected chi connectivity index (χ0v) is 11.3. The van der Waals surface area contributed by atoms with Gasteiger partial charge >= 0.3 is 0 Å². The number of pyridine rings is 1. The van der Waals surface area contributed by atoms with Gasteiger partial charge < -0.3 is 5.73 Å². The second-order valence-electron chi connectivity index (χ2n) is 4.61. The highest BCUT2D eigenvalue weighted by Crippen LogP contribution is 2.10. The van der Waals surface area contributed by atoms with E-state index in [1.54, 1.807) is 0 Å². The van der Waals surface area contributed by atoms with Crippen molar-refractivity contribution in [1.29, 1.82) is 0 Å². The summed E-state index contributed by atoms with van der Waals surface area (Å²) in [4.78, 5) is 7.01. The van der Waals surface area contributed by atoms with E-state index in [0.717, 1.165) is 43.9 Å². The Bertz CT molecular complexity index is 325. The molecule has 1 aromatic heterocycles. The van der Waals surface area contributed by atoms with Gasteiger partial charge in [0.2, 0.25) is 0 Å². The molecule has 3 nitrogen and oxygen atoms in total. The molecular weight excluding hydrogens is 210 g/mol. The molecule has 17 heavy (non-hydrogen) atoms. The van der Waals surface area contributed by atoms with Crippen molar-refractivity contribution in [2.24, 2.45) is 5.73 Å². The monoisotopic (exact) mass is 235 g/mol. The molecule has 0 saturated carbocycles. The summed E-state index contributed by atoms with van der Waals surface area (Å²) in [7, 11) is 0. The average Bonchev–Trinajstić information content (AvgIpc) is 2.33. The van der Waals surface area contributed by atoms with Crippen LogP contribution in [-0.4, -0.2) is 29.0 Å². The Morgan fingerprint density at radius 2 is 2.18 bits per heavy atom. The molecule has 1 atom stereocenters. The lowest BCUT2D eigenvalue weighted by atomic mass is 10.1. The minimum atomic E-state index is 0.575. The predicted molar refractivity (Wildman–Crippen MR) is 72.8 cm³/mol. The lowest BCUT2D eigenvalue weighted by Gasteiger charge is -2.27. The summed E-state index contributed by atoms with van der Waals surface area (Å²) in [6.07, 6.45) is 2.26. The third-order valence-corrected chi connectivity index (χ3v) is 3.17. The highest BCUT2D eigenvalue weighted by atomic mass is 15.1. The fraction of sp³-hybridized carbons (Fsp3) is 0.643. The summed E-state index contributed by atoms with van der Waals surface area (Å²) in [6.45, 7) is 9.29. The van der Waals surface area contributed by atoms with Crippen LogP contribution in [0.1, 0.15) is 38.1 Å². The fourth-order valence-corrected chi connectivity index (χ4v) is 2.07. The molecule has 0 aliphatic heterocycles. The standard InChI is InChI=1S/C14H25N3/c1-4-17(13(3)8-6-10-15)11-14-9-5-7-12(2)16-14/h5,7,9,13H,4,6,8,10-11,15H2,1-3H3. The number of rotatable bonds is 7. The molecule has 0 saturated heterocycles. The van der Waals surface area contributed by atoms with Crippen molar-refractivity contribution < 1.29 is 0 Å². The summed E-state index contributed by atoms with van der Waals surface area (Å²) in [5, 5.41) is 0. The van der Waals surface area contributed by atoms with Crippen molar-refractivity contribution in [1.82, 2.24) is 9.88 Å². The van der Waals surface area contributed by atoms with Crippen LogP contribution in [0.15, 0.2) is 18.2 Å². The SMILES string of the molecule is CCN(Cc1cccc(C)n1)C(C)CCCN. The van der Waals surface area contributed by atoms with Crippen LogP contribution in [-0.2, 0) is 6.54 Å². The first-order valence-electron chi connectivity index (χ1n) is 6.54. The molecule has 0 amide bonds. The van der Waals surface area contributed by atoms with Crippen LogP contribution in [0.5, 0.6) is 0 Å². The zero-order chi connectivity index (χ0) is 12.7. The highest BCUT2D eigenvalue weighted by Gasteiger charge is 2.12. The first kappa shape index (κ1) is 14.1. The van der Waals surface area contributed by atoms with Crippen molar-refractivity contribution in [3.8, 4) is 0 Å². The van der Waals surface area contributed by atoms with Gasteiger partial charge in [0, 0.05) is 18.3 Å². The number of aromatic nitrogens is 1. The highest BCUT2D eigenvalue weighted by molar-refractivity contribution is 5.09. The Morgan fingerprint density at radius 3 is 2.76 bits per heavy atom. The zero-order valence-electron chi connectivity index (χ0n) is 11.3. The lowest BCUT2D eigenvalue weighted by molar-refractivity contribution is 0.197. The Kier molecular flexibility index (Phi) is 6.16. The molecule has 2 N–H and O–H groups in total. The van der Waals surface area contributed by atoms with Gasteiger partial charge in [-0.3, -0.25) is 9.88 Å². The molecule has 0 fully saturated rings. The van der Waals surface area contributed by atoms with Crippen LogP contribution in [0.25, 0.3) is 0 Å². The van der Waals surface area contributed by atoms with Gasteiger partial charge in [0.15, 0.2) is 0 Å². The van der Waals surface area contributed by atoms with Gasteiger partial charge in [-0.05, 0) is 51.9 Å². The van der Waals surface area contributed by atoms with Crippen LogP contribution in [0.2, 0.25) is 0 Å². The van der Waals surface area contributed by atoms with Crippen molar-refractivity contribution >= 4 is 0 Å². The number of nitrogens with two attached hydrogens (primary N) is 1. The van der Waals surface area contributed by atoms with E-state index >= 15 is 0 Å². The largest absolute Gasteiger partial charge is 0.330 e. The molecular formula is C14H25N3. The van der Waals surface area contributed by atoms with E-state index in [4.69, 9.17) is 5.73 Å². The van der Waals surface area contributed by atoms with Crippen molar-refractivity contribution in [3.63, 3.8) is 0 Å². The molecule has 1 rings (SSSR count). The smallest absolute Gasteiger partial charge is 0.0547 e. The summed E-state index contributed by atoms with van der Waals surface area (Å²) < 4.78 is 0. The summed E-state index contributed by atoms with van der Waals surface area (Å²) in [5.74, 6) is 0. The molecule has 0 spiro atoms. The average molecular weight is 235 g/mol. The summed E-state index contributed by atoms with van der Waals surface area (Å²) in [6, 6.07) is 6.80. The van der Waals surface area contributed by atoms with E-state index < -0.39 is 0 Å². The van der Waals surface area contributed by atoms with E-state index in [2.05, 4.69) is 35.9 Å². The predicted octanol–water partition coefficient (Wildman–Crippen LogP) is 2.34. The van der Waals surface area contributed by atoms with Gasteiger partial charge in [0.1, 0.15) is 0 Å². The van der Waals surface area contributed by atoms with E-state index in [1.807, 2.05) is 13.0 Å². The minimum absolute atomic E-state index is 0.575. The maximum absolute atomic E-state index is 5.56. The maximum Gasteiger partial charge on any atom is 0.0547 e. The lowest BCUT2D eigenvalue weighted by Crippen LogP contribution is -2.33. The van der Waals surface area contributed by atoms with Crippen LogP contribution in [0.4, 0.5) is 0 Å². The fourth-order valence-electron chi connectivity index (χ4n) is 2.07. The quantitative estimate of drug-likeness (QED) is 0.788. The number of aryl methyl sites for hydroxylation is 1. The van der Waals surface area contributed by atoms with Gasteiger partial charge in [-0.15, -0.1) is 0 Å². The molecule has 0 bridgehead atoms. The molecule has 0 aliphatic carbocycles. The third-order valence-electron chi connectivity index (χ3n) is 3.17. The molecule has 0 radical (unpaired) electrons. The molecule has 96 valence electrons. The Hall–Kier alpha value is -0.930. The van der Waals surface area contributed by atoms with E-state index in [-0.39, 0.29) is 0 Å². The first-order valence-corrected chi connectivity index (χ1v) is 6.54. The number of nitrogens with zero attached hydrogens (tertiary/aromatic N) is 2. The van der Waals surface area contributed by atoms with Crippen molar-refractivity contribution in [2.45, 2.75) is 46.2 Å². The van der Waals surface area contributed by atoms with Crippen molar-refractivity contribution in [3.05, 3.63) is 29.6 Å². The van der Waals surface area contributed by atoms with Gasteiger partial charge in [-0.1, -0.05) is 13.0 Å². The van der Waals surface area contributed by atoms with E-state index in [0.29, 0.717) is 6.04 Å². The van der Waals surface area contributed by atoms with Crippen LogP contribution in [0.3, 0.4) is 0 Å². The molecule has 3 heteroatoms. The van der Waals surface area contributed by atoms with E-state index in [9.17, 15) is 0 Å². The number of hydrogen-bond acceptors (Lipinski definition) is 3. The van der Waals surface area contributed by atoms with Gasteiger partial charge in [-0.25, -0.2) is 0 Å². The molecule has 1 heterocycles. The normalized spacial score (nSPS) is 13.0. The molecule has 0 aromatic carbocycles. The Morgan fingerprint density at radius 1 is 1.41 bits per heavy atom. The molecule has 1 unspecified atom stereocenters. The first-order chi connectivity index (χ1) is 8.17. The van der Waals surface area contributed by atoms with Crippen LogP contribution >= 0.6 is 0 Å². The van der Waals surface area contributed by atoms with Gasteiger partial charge in [-0.2, -0.15) is 0 Å². The van der Waals surface area contributed by atoms with Crippen LogP contribution < -0.4 is 5.73 Å². The summed E-state index contributed by atoms with van der Waals surface area (Å²) >= 11 is 0. The van der Waals surface area contributed by atoms with Gasteiger partial charge in [0.05, 0.1) is 5.69 Å². The Labute approximate surface area is 105 Å². The second-order valence-corrected chi connectivity index (χ2v) is 4.61. The van der Waals surface area contributed by atoms with Crippen LogP contribution in [0, 0.1) is 6.92 Å².